The molecular weight excluding hydrogens is 315 g/mol. The van der Waals surface area contributed by atoms with Crippen LogP contribution in [0.3, 0.4) is 0 Å². The number of hydrogen-bond acceptors (Lipinski definition) is 3. The van der Waals surface area contributed by atoms with E-state index in [1.807, 2.05) is 0 Å². The Morgan fingerprint density at radius 1 is 1.33 bits per heavy atom. The Morgan fingerprint density at radius 3 is 2.33 bits per heavy atom. The lowest BCUT2D eigenvalue weighted by atomic mass is 10.1. The molecule has 120 valence electrons. The van der Waals surface area contributed by atoms with Crippen molar-refractivity contribution >= 4 is 35.2 Å². The summed E-state index contributed by atoms with van der Waals surface area (Å²) in [5.41, 5.74) is -0.534. The maximum Gasteiger partial charge on any atom is 0.407 e. The van der Waals surface area contributed by atoms with E-state index in [-0.39, 0.29) is 17.9 Å². The molecule has 0 heterocycles. The van der Waals surface area contributed by atoms with E-state index in [0.717, 1.165) is 12.8 Å². The second-order valence-corrected chi connectivity index (χ2v) is 8.40. The van der Waals surface area contributed by atoms with Crippen LogP contribution in [0, 0.1) is 11.8 Å². The van der Waals surface area contributed by atoms with Gasteiger partial charge in [0.05, 0.1) is 5.92 Å². The third-order valence-electron chi connectivity index (χ3n) is 3.53. The van der Waals surface area contributed by atoms with Crippen LogP contribution in [0.25, 0.3) is 0 Å². The molecule has 2 aliphatic rings. The second kappa shape index (κ2) is 5.84. The maximum absolute atomic E-state index is 12.0. The highest BCUT2D eigenvalue weighted by atomic mass is 35.5. The van der Waals surface area contributed by atoms with Crippen LogP contribution in [0.2, 0.25) is 0 Å². The van der Waals surface area contributed by atoms with Crippen LogP contribution in [-0.2, 0) is 9.53 Å². The van der Waals surface area contributed by atoms with E-state index in [9.17, 15) is 9.59 Å². The number of rotatable bonds is 5. The van der Waals surface area contributed by atoms with Crippen LogP contribution in [0.1, 0.15) is 40.0 Å². The van der Waals surface area contributed by atoms with Gasteiger partial charge in [0.25, 0.3) is 0 Å². The summed E-state index contributed by atoms with van der Waals surface area (Å²) < 4.78 is 4.26. The third kappa shape index (κ3) is 5.22. The number of carbonyl (C=O) groups excluding carboxylic acids is 2. The fraction of sp³-hybridized carbons (Fsp3) is 0.857. The Kier molecular flexibility index (Phi) is 4.64. The summed E-state index contributed by atoms with van der Waals surface area (Å²) in [6.45, 7) is 5.77. The number of alkyl halides is 2. The van der Waals surface area contributed by atoms with E-state index in [0.29, 0.717) is 18.9 Å². The van der Waals surface area contributed by atoms with Crippen molar-refractivity contribution in [1.82, 2.24) is 10.6 Å². The molecule has 2 amide bonds. The number of ether oxygens (including phenoxy) is 1. The van der Waals surface area contributed by atoms with Crippen LogP contribution < -0.4 is 10.6 Å². The quantitative estimate of drug-likeness (QED) is 0.758. The lowest BCUT2D eigenvalue weighted by Gasteiger charge is -2.22. The standard InChI is InChI=1S/C14H22Cl2N2O3/c1-13(2,3)21-12(20)17-7-10(8-4-5-8)18-11(19)9-6-14(9,15)16/h8-10H,4-7H2,1-3H3,(H,17,20)(H,18,19)/t9-,10+/m0/s1. The van der Waals surface area contributed by atoms with Gasteiger partial charge in [0.2, 0.25) is 5.91 Å². The maximum atomic E-state index is 12.0. The van der Waals surface area contributed by atoms with Crippen molar-refractivity contribution in [3.8, 4) is 0 Å². The van der Waals surface area contributed by atoms with Gasteiger partial charge in [0.1, 0.15) is 9.93 Å². The van der Waals surface area contributed by atoms with Gasteiger partial charge in [-0.1, -0.05) is 0 Å². The largest absolute Gasteiger partial charge is 0.444 e. The van der Waals surface area contributed by atoms with Gasteiger partial charge in [-0.3, -0.25) is 4.79 Å². The average molecular weight is 337 g/mol. The minimum Gasteiger partial charge on any atom is -0.444 e. The van der Waals surface area contributed by atoms with Gasteiger partial charge in [-0.05, 0) is 46.0 Å². The molecule has 7 heteroatoms. The van der Waals surface area contributed by atoms with E-state index in [4.69, 9.17) is 27.9 Å². The molecule has 21 heavy (non-hydrogen) atoms. The predicted molar refractivity (Wildman–Crippen MR) is 81.4 cm³/mol. The van der Waals surface area contributed by atoms with Crippen molar-refractivity contribution < 1.29 is 14.3 Å². The monoisotopic (exact) mass is 336 g/mol. The lowest BCUT2D eigenvalue weighted by molar-refractivity contribution is -0.123. The number of hydrogen-bond donors (Lipinski definition) is 2. The number of amides is 2. The van der Waals surface area contributed by atoms with Crippen LogP contribution in [0.15, 0.2) is 0 Å². The van der Waals surface area contributed by atoms with Crippen LogP contribution in [0.4, 0.5) is 4.79 Å². The SMILES string of the molecule is CC(C)(C)OC(=O)NC[C@@H](NC(=O)[C@@H]1CC1(Cl)Cl)C1CC1. The van der Waals surface area contributed by atoms with E-state index in [1.165, 1.54) is 0 Å². The van der Waals surface area contributed by atoms with Gasteiger partial charge in [-0.25, -0.2) is 4.79 Å². The normalized spacial score (nSPS) is 24.9. The fourth-order valence-electron chi connectivity index (χ4n) is 2.12. The van der Waals surface area contributed by atoms with E-state index in [2.05, 4.69) is 10.6 Å². The van der Waals surface area contributed by atoms with Gasteiger partial charge in [0, 0.05) is 12.6 Å². The molecule has 2 rings (SSSR count). The Hall–Kier alpha value is -0.680. The van der Waals surface area contributed by atoms with Crippen LogP contribution >= 0.6 is 23.2 Å². The number of alkyl carbamates (subject to hydrolysis) is 1. The highest BCUT2D eigenvalue weighted by molar-refractivity contribution is 6.52. The first-order valence-electron chi connectivity index (χ1n) is 7.23. The molecule has 0 aromatic carbocycles. The van der Waals surface area contributed by atoms with E-state index >= 15 is 0 Å². The minimum atomic E-state index is -0.920. The molecule has 2 saturated carbocycles. The molecule has 2 N–H and O–H groups in total. The zero-order valence-corrected chi connectivity index (χ0v) is 14.1. The Balaban J connectivity index is 1.78. The van der Waals surface area contributed by atoms with Gasteiger partial charge in [-0.2, -0.15) is 0 Å². The zero-order chi connectivity index (χ0) is 15.8. The van der Waals surface area contributed by atoms with Crippen molar-refractivity contribution in [3.63, 3.8) is 0 Å². The van der Waals surface area contributed by atoms with Crippen molar-refractivity contribution in [2.24, 2.45) is 11.8 Å². The summed E-state index contributed by atoms with van der Waals surface area (Å²) in [6, 6.07) is -0.0882. The minimum absolute atomic E-state index is 0.0882. The summed E-state index contributed by atoms with van der Waals surface area (Å²) >= 11 is 11.8. The fourth-order valence-corrected chi connectivity index (χ4v) is 2.63. The zero-order valence-electron chi connectivity index (χ0n) is 12.5. The van der Waals surface area contributed by atoms with Crippen LogP contribution in [-0.4, -0.2) is 34.5 Å². The summed E-state index contributed by atoms with van der Waals surface area (Å²) in [6.07, 6.45) is 2.12. The molecule has 0 radical (unpaired) electrons. The van der Waals surface area contributed by atoms with Crippen molar-refractivity contribution in [2.75, 3.05) is 6.54 Å². The van der Waals surface area contributed by atoms with Gasteiger partial charge < -0.3 is 15.4 Å². The molecule has 0 spiro atoms. The number of halogens is 2. The lowest BCUT2D eigenvalue weighted by Crippen LogP contribution is -2.46. The molecule has 0 aromatic rings. The molecule has 0 bridgehead atoms. The second-order valence-electron chi connectivity index (χ2n) is 6.85. The summed E-state index contributed by atoms with van der Waals surface area (Å²) in [4.78, 5) is 23.7. The Morgan fingerprint density at radius 2 is 1.90 bits per heavy atom. The van der Waals surface area contributed by atoms with Crippen LogP contribution in [0.5, 0.6) is 0 Å². The molecular formula is C14H22Cl2N2O3. The molecule has 0 aromatic heterocycles. The molecule has 0 saturated heterocycles. The molecule has 2 aliphatic carbocycles. The first kappa shape index (κ1) is 16.7. The van der Waals surface area contributed by atoms with Crippen molar-refractivity contribution in [2.45, 2.75) is 56.0 Å². The van der Waals surface area contributed by atoms with Gasteiger partial charge in [0.15, 0.2) is 0 Å². The van der Waals surface area contributed by atoms with Gasteiger partial charge >= 0.3 is 6.09 Å². The first-order chi connectivity index (χ1) is 9.58. The molecule has 2 fully saturated rings. The summed E-state index contributed by atoms with van der Waals surface area (Å²) in [5.74, 6) is -0.0748. The molecule has 0 aliphatic heterocycles. The van der Waals surface area contributed by atoms with Crippen molar-refractivity contribution in [1.29, 1.82) is 0 Å². The predicted octanol–water partition coefficient (Wildman–Crippen LogP) is 2.60. The highest BCUT2D eigenvalue weighted by Gasteiger charge is 2.56. The molecule has 5 nitrogen and oxygen atoms in total. The van der Waals surface area contributed by atoms with E-state index in [1.54, 1.807) is 20.8 Å². The highest BCUT2D eigenvalue weighted by Crippen LogP contribution is 2.53. The first-order valence-corrected chi connectivity index (χ1v) is 7.99. The smallest absolute Gasteiger partial charge is 0.407 e. The van der Waals surface area contributed by atoms with Crippen molar-refractivity contribution in [3.05, 3.63) is 0 Å². The Bertz CT molecular complexity index is 430. The summed E-state index contributed by atoms with van der Waals surface area (Å²) in [7, 11) is 0. The molecule has 0 unspecified atom stereocenters. The van der Waals surface area contributed by atoms with E-state index < -0.39 is 16.0 Å². The third-order valence-corrected chi connectivity index (χ3v) is 4.36. The summed E-state index contributed by atoms with van der Waals surface area (Å²) in [5, 5.41) is 5.64. The number of carbonyl (C=O) groups is 2. The average Bonchev–Trinajstić information content (AvgIpc) is 3.18. The topological polar surface area (TPSA) is 67.4 Å². The Labute approximate surface area is 135 Å². The molecule has 2 atom stereocenters. The number of nitrogens with one attached hydrogen (secondary N) is 2. The van der Waals surface area contributed by atoms with Gasteiger partial charge in [-0.15, -0.1) is 23.2 Å².